The van der Waals surface area contributed by atoms with Crippen LogP contribution in [0.1, 0.15) is 11.3 Å². The summed E-state index contributed by atoms with van der Waals surface area (Å²) in [5, 5.41) is 2.15. The molecule has 2 rings (SSSR count). The van der Waals surface area contributed by atoms with Crippen LogP contribution in [0.15, 0.2) is 17.5 Å². The summed E-state index contributed by atoms with van der Waals surface area (Å²) < 4.78 is 5.39. The van der Waals surface area contributed by atoms with Gasteiger partial charge in [-0.3, -0.25) is 9.80 Å². The Morgan fingerprint density at radius 1 is 1.32 bits per heavy atom. The first kappa shape index (κ1) is 14.9. The summed E-state index contributed by atoms with van der Waals surface area (Å²) in [6.45, 7) is 9.10. The topological polar surface area (TPSA) is 41.7 Å². The average molecular weight is 283 g/mol. The third-order valence-electron chi connectivity index (χ3n) is 3.47. The van der Waals surface area contributed by atoms with E-state index in [9.17, 15) is 0 Å². The molecular formula is C14H25N3OS. The lowest BCUT2D eigenvalue weighted by Crippen LogP contribution is -2.41. The van der Waals surface area contributed by atoms with Crippen LogP contribution < -0.4 is 5.73 Å². The van der Waals surface area contributed by atoms with Gasteiger partial charge in [-0.15, -0.1) is 11.3 Å². The molecule has 0 aromatic carbocycles. The molecule has 1 aromatic rings. The van der Waals surface area contributed by atoms with E-state index in [1.165, 1.54) is 4.88 Å². The molecule has 2 heterocycles. The Hall–Kier alpha value is -0.460. The Kier molecular flexibility index (Phi) is 6.81. The van der Waals surface area contributed by atoms with Gasteiger partial charge in [0.15, 0.2) is 0 Å². The maximum absolute atomic E-state index is 5.64. The van der Waals surface area contributed by atoms with Crippen molar-refractivity contribution < 1.29 is 4.74 Å². The standard InChI is InChI=1S/C14H25N3OS/c15-4-2-5-17(13-14-3-1-12-19-14)7-6-16-8-10-18-11-9-16/h1,3,12H,2,4-11,13,15H2. The Morgan fingerprint density at radius 2 is 2.16 bits per heavy atom. The molecule has 19 heavy (non-hydrogen) atoms. The van der Waals surface area contributed by atoms with E-state index in [2.05, 4.69) is 27.3 Å². The van der Waals surface area contributed by atoms with Crippen molar-refractivity contribution in [1.29, 1.82) is 0 Å². The van der Waals surface area contributed by atoms with Gasteiger partial charge in [0.25, 0.3) is 0 Å². The molecule has 0 atom stereocenters. The van der Waals surface area contributed by atoms with Crippen molar-refractivity contribution in [2.75, 3.05) is 52.5 Å². The van der Waals surface area contributed by atoms with Crippen molar-refractivity contribution in [3.05, 3.63) is 22.4 Å². The molecule has 1 aromatic heterocycles. The van der Waals surface area contributed by atoms with Gasteiger partial charge in [-0.1, -0.05) is 6.07 Å². The fraction of sp³-hybridized carbons (Fsp3) is 0.714. The molecule has 0 aliphatic carbocycles. The zero-order valence-corrected chi connectivity index (χ0v) is 12.4. The van der Waals surface area contributed by atoms with Crippen molar-refractivity contribution in [2.45, 2.75) is 13.0 Å². The van der Waals surface area contributed by atoms with Gasteiger partial charge in [-0.25, -0.2) is 0 Å². The number of hydrogen-bond acceptors (Lipinski definition) is 5. The van der Waals surface area contributed by atoms with Crippen LogP contribution in [0.4, 0.5) is 0 Å². The van der Waals surface area contributed by atoms with E-state index in [0.717, 1.165) is 65.4 Å². The van der Waals surface area contributed by atoms with Crippen molar-refractivity contribution in [2.24, 2.45) is 5.73 Å². The number of morpholine rings is 1. The summed E-state index contributed by atoms with van der Waals surface area (Å²) in [6.07, 6.45) is 1.08. The zero-order chi connectivity index (χ0) is 13.3. The van der Waals surface area contributed by atoms with Gasteiger partial charge in [0, 0.05) is 37.6 Å². The predicted molar refractivity (Wildman–Crippen MR) is 80.5 cm³/mol. The number of rotatable bonds is 8. The monoisotopic (exact) mass is 283 g/mol. The van der Waals surface area contributed by atoms with Crippen LogP contribution in [0.2, 0.25) is 0 Å². The van der Waals surface area contributed by atoms with Crippen molar-refractivity contribution >= 4 is 11.3 Å². The van der Waals surface area contributed by atoms with Gasteiger partial charge in [0.1, 0.15) is 0 Å². The Bertz CT molecular complexity index is 325. The van der Waals surface area contributed by atoms with E-state index in [4.69, 9.17) is 10.5 Å². The highest BCUT2D eigenvalue weighted by atomic mass is 32.1. The number of nitrogens with zero attached hydrogens (tertiary/aromatic N) is 2. The average Bonchev–Trinajstić information content (AvgIpc) is 2.96. The second-order valence-corrected chi connectivity index (χ2v) is 5.98. The number of ether oxygens (including phenoxy) is 1. The van der Waals surface area contributed by atoms with Gasteiger partial charge in [0.2, 0.25) is 0 Å². The first-order chi connectivity index (χ1) is 9.38. The van der Waals surface area contributed by atoms with E-state index < -0.39 is 0 Å². The quantitative estimate of drug-likeness (QED) is 0.779. The summed E-state index contributed by atoms with van der Waals surface area (Å²) in [7, 11) is 0. The largest absolute Gasteiger partial charge is 0.379 e. The van der Waals surface area contributed by atoms with Gasteiger partial charge in [0.05, 0.1) is 13.2 Å². The van der Waals surface area contributed by atoms with Crippen LogP contribution in [-0.4, -0.2) is 62.3 Å². The van der Waals surface area contributed by atoms with Gasteiger partial charge in [-0.05, 0) is 31.0 Å². The molecule has 1 fully saturated rings. The summed E-state index contributed by atoms with van der Waals surface area (Å²) in [5.41, 5.74) is 5.64. The molecule has 2 N–H and O–H groups in total. The molecule has 0 bridgehead atoms. The molecule has 108 valence electrons. The molecule has 1 saturated heterocycles. The number of nitrogens with two attached hydrogens (primary N) is 1. The lowest BCUT2D eigenvalue weighted by Gasteiger charge is -2.29. The van der Waals surface area contributed by atoms with Crippen molar-refractivity contribution in [3.63, 3.8) is 0 Å². The molecule has 0 spiro atoms. The summed E-state index contributed by atoms with van der Waals surface area (Å²) in [6, 6.07) is 4.35. The molecule has 1 aliphatic heterocycles. The molecule has 0 unspecified atom stereocenters. The van der Waals surface area contributed by atoms with Crippen molar-refractivity contribution in [1.82, 2.24) is 9.80 Å². The lowest BCUT2D eigenvalue weighted by atomic mass is 10.3. The zero-order valence-electron chi connectivity index (χ0n) is 11.6. The van der Waals surface area contributed by atoms with Gasteiger partial charge < -0.3 is 10.5 Å². The molecule has 1 aliphatic rings. The first-order valence-corrected chi connectivity index (χ1v) is 8.01. The molecular weight excluding hydrogens is 258 g/mol. The third kappa shape index (κ3) is 5.58. The fourth-order valence-electron chi connectivity index (χ4n) is 2.32. The molecule has 5 heteroatoms. The highest BCUT2D eigenvalue weighted by Gasteiger charge is 2.12. The van der Waals surface area contributed by atoms with Crippen LogP contribution in [0.5, 0.6) is 0 Å². The van der Waals surface area contributed by atoms with E-state index in [0.29, 0.717) is 0 Å². The van der Waals surface area contributed by atoms with Gasteiger partial charge in [-0.2, -0.15) is 0 Å². The molecule has 0 radical (unpaired) electrons. The number of hydrogen-bond donors (Lipinski definition) is 1. The van der Waals surface area contributed by atoms with Crippen LogP contribution in [0.3, 0.4) is 0 Å². The summed E-state index contributed by atoms with van der Waals surface area (Å²) >= 11 is 1.84. The van der Waals surface area contributed by atoms with Crippen LogP contribution in [-0.2, 0) is 11.3 Å². The van der Waals surface area contributed by atoms with Crippen LogP contribution in [0.25, 0.3) is 0 Å². The normalized spacial score (nSPS) is 17.2. The predicted octanol–water partition coefficient (Wildman–Crippen LogP) is 1.23. The SMILES string of the molecule is NCCCN(CCN1CCOCC1)Cc1cccs1. The van der Waals surface area contributed by atoms with Crippen LogP contribution in [0, 0.1) is 0 Å². The smallest absolute Gasteiger partial charge is 0.0594 e. The lowest BCUT2D eigenvalue weighted by molar-refractivity contribution is 0.0329. The minimum Gasteiger partial charge on any atom is -0.379 e. The van der Waals surface area contributed by atoms with E-state index in [1.54, 1.807) is 0 Å². The van der Waals surface area contributed by atoms with Gasteiger partial charge >= 0.3 is 0 Å². The molecule has 4 nitrogen and oxygen atoms in total. The second kappa shape index (κ2) is 8.66. The van der Waals surface area contributed by atoms with Crippen LogP contribution >= 0.6 is 11.3 Å². The Morgan fingerprint density at radius 3 is 2.84 bits per heavy atom. The second-order valence-electron chi connectivity index (χ2n) is 4.95. The molecule has 0 amide bonds. The Balaban J connectivity index is 1.75. The van der Waals surface area contributed by atoms with E-state index >= 15 is 0 Å². The summed E-state index contributed by atoms with van der Waals surface area (Å²) in [4.78, 5) is 6.46. The highest BCUT2D eigenvalue weighted by Crippen LogP contribution is 2.12. The number of thiophene rings is 1. The Labute approximate surface area is 120 Å². The minimum atomic E-state index is 0.776. The van der Waals surface area contributed by atoms with E-state index in [1.807, 2.05) is 11.3 Å². The maximum Gasteiger partial charge on any atom is 0.0594 e. The third-order valence-corrected chi connectivity index (χ3v) is 4.34. The summed E-state index contributed by atoms with van der Waals surface area (Å²) in [5.74, 6) is 0. The van der Waals surface area contributed by atoms with Crippen molar-refractivity contribution in [3.8, 4) is 0 Å². The first-order valence-electron chi connectivity index (χ1n) is 7.13. The van der Waals surface area contributed by atoms with E-state index in [-0.39, 0.29) is 0 Å². The fourth-order valence-corrected chi connectivity index (χ4v) is 3.06. The minimum absolute atomic E-state index is 0.776. The highest BCUT2D eigenvalue weighted by molar-refractivity contribution is 7.09. The maximum atomic E-state index is 5.64. The molecule has 0 saturated carbocycles.